The summed E-state index contributed by atoms with van der Waals surface area (Å²) in [5.74, 6) is -0.747. The summed E-state index contributed by atoms with van der Waals surface area (Å²) in [4.78, 5) is 25.8. The Morgan fingerprint density at radius 3 is 2.20 bits per heavy atom. The molecule has 15 heavy (non-hydrogen) atoms. The molecule has 0 radical (unpaired) electrons. The minimum absolute atomic E-state index is 0.111. The molecule has 2 atom stereocenters. The molecule has 0 aromatic carbocycles. The average molecular weight is 212 g/mol. The lowest BCUT2D eigenvalue weighted by atomic mass is 10.3. The highest BCUT2D eigenvalue weighted by molar-refractivity contribution is 5.74. The molecule has 0 spiro atoms. The summed E-state index contributed by atoms with van der Waals surface area (Å²) in [5.41, 5.74) is 0. The maximum atomic E-state index is 11.1. The van der Waals surface area contributed by atoms with Crippen molar-refractivity contribution in [2.45, 2.75) is 19.4 Å². The van der Waals surface area contributed by atoms with Crippen LogP contribution in [-0.2, 0) is 9.59 Å². The highest BCUT2D eigenvalue weighted by atomic mass is 16.4. The van der Waals surface area contributed by atoms with Crippen molar-refractivity contribution in [1.82, 2.24) is 9.80 Å². The van der Waals surface area contributed by atoms with Crippen molar-refractivity contribution in [1.29, 1.82) is 0 Å². The topological polar surface area (TPSA) is 60.9 Å². The van der Waals surface area contributed by atoms with Crippen LogP contribution >= 0.6 is 0 Å². The number of rotatable bonds is 2. The van der Waals surface area contributed by atoms with Gasteiger partial charge in [0.2, 0.25) is 5.91 Å². The lowest BCUT2D eigenvalue weighted by Crippen LogP contribution is -2.49. The molecule has 2 aliphatic rings. The fourth-order valence-electron chi connectivity index (χ4n) is 2.22. The number of carboxylic acid groups (broad SMARTS) is 1. The van der Waals surface area contributed by atoms with E-state index >= 15 is 0 Å². The number of amides is 1. The van der Waals surface area contributed by atoms with Crippen LogP contribution in [0.15, 0.2) is 0 Å². The molecule has 2 fully saturated rings. The SMILES string of the molecule is CC(=O)N1CCN(C2CC2C(=O)O)CC1. The summed E-state index contributed by atoms with van der Waals surface area (Å²) in [6.07, 6.45) is 0.773. The first-order chi connectivity index (χ1) is 7.09. The van der Waals surface area contributed by atoms with Crippen molar-refractivity contribution in [2.24, 2.45) is 5.92 Å². The second-order valence-corrected chi connectivity index (χ2v) is 4.29. The van der Waals surface area contributed by atoms with Crippen molar-refractivity contribution in [3.63, 3.8) is 0 Å². The Bertz CT molecular complexity index is 284. The summed E-state index contributed by atoms with van der Waals surface area (Å²) < 4.78 is 0. The number of carbonyl (C=O) groups excluding carboxylic acids is 1. The number of carbonyl (C=O) groups is 2. The fourth-order valence-corrected chi connectivity index (χ4v) is 2.22. The Morgan fingerprint density at radius 2 is 1.80 bits per heavy atom. The smallest absolute Gasteiger partial charge is 0.308 e. The summed E-state index contributed by atoms with van der Waals surface area (Å²) in [7, 11) is 0. The van der Waals surface area contributed by atoms with Gasteiger partial charge in [-0.05, 0) is 6.42 Å². The highest BCUT2D eigenvalue weighted by Gasteiger charge is 2.47. The minimum Gasteiger partial charge on any atom is -0.481 e. The summed E-state index contributed by atoms with van der Waals surface area (Å²) in [6.45, 7) is 4.67. The van der Waals surface area contributed by atoms with E-state index in [1.165, 1.54) is 0 Å². The first kappa shape index (κ1) is 10.4. The van der Waals surface area contributed by atoms with Gasteiger partial charge >= 0.3 is 5.97 Å². The van der Waals surface area contributed by atoms with Crippen LogP contribution in [0.2, 0.25) is 0 Å². The molecule has 1 saturated heterocycles. The van der Waals surface area contributed by atoms with Gasteiger partial charge in [-0.1, -0.05) is 0 Å². The van der Waals surface area contributed by atoms with Gasteiger partial charge in [0.05, 0.1) is 5.92 Å². The number of nitrogens with zero attached hydrogens (tertiary/aromatic N) is 2. The van der Waals surface area contributed by atoms with E-state index in [4.69, 9.17) is 5.11 Å². The number of hydrogen-bond donors (Lipinski definition) is 1. The van der Waals surface area contributed by atoms with Gasteiger partial charge in [-0.15, -0.1) is 0 Å². The third-order valence-corrected chi connectivity index (χ3v) is 3.30. The van der Waals surface area contributed by atoms with E-state index in [9.17, 15) is 9.59 Å². The van der Waals surface area contributed by atoms with E-state index < -0.39 is 5.97 Å². The molecule has 1 N–H and O–H groups in total. The fraction of sp³-hybridized carbons (Fsp3) is 0.800. The largest absolute Gasteiger partial charge is 0.481 e. The molecule has 1 amide bonds. The zero-order valence-corrected chi connectivity index (χ0v) is 8.85. The van der Waals surface area contributed by atoms with E-state index in [2.05, 4.69) is 4.90 Å². The van der Waals surface area contributed by atoms with Crippen LogP contribution in [0.4, 0.5) is 0 Å². The first-order valence-corrected chi connectivity index (χ1v) is 5.32. The molecule has 84 valence electrons. The molecule has 1 aliphatic carbocycles. The van der Waals surface area contributed by atoms with Crippen LogP contribution in [0.3, 0.4) is 0 Å². The van der Waals surface area contributed by atoms with Crippen LogP contribution in [0, 0.1) is 5.92 Å². The molecule has 0 bridgehead atoms. The molecule has 2 unspecified atom stereocenters. The van der Waals surface area contributed by atoms with Crippen molar-refractivity contribution >= 4 is 11.9 Å². The number of aliphatic carboxylic acids is 1. The van der Waals surface area contributed by atoms with E-state index in [0.717, 1.165) is 32.6 Å². The van der Waals surface area contributed by atoms with E-state index in [1.807, 2.05) is 4.90 Å². The van der Waals surface area contributed by atoms with Gasteiger partial charge in [-0.3, -0.25) is 14.5 Å². The lowest BCUT2D eigenvalue weighted by molar-refractivity contribution is -0.139. The first-order valence-electron chi connectivity index (χ1n) is 5.32. The van der Waals surface area contributed by atoms with Crippen LogP contribution in [0.5, 0.6) is 0 Å². The van der Waals surface area contributed by atoms with Crippen LogP contribution in [0.25, 0.3) is 0 Å². The molecule has 1 saturated carbocycles. The Morgan fingerprint density at radius 1 is 1.20 bits per heavy atom. The molecule has 2 rings (SSSR count). The Balaban J connectivity index is 1.80. The zero-order chi connectivity index (χ0) is 11.0. The molecule has 1 heterocycles. The van der Waals surface area contributed by atoms with Gasteiger partial charge in [-0.2, -0.15) is 0 Å². The van der Waals surface area contributed by atoms with Gasteiger partial charge in [0, 0.05) is 39.1 Å². The second-order valence-electron chi connectivity index (χ2n) is 4.29. The van der Waals surface area contributed by atoms with Gasteiger partial charge in [0.1, 0.15) is 0 Å². The Kier molecular flexibility index (Phi) is 2.65. The van der Waals surface area contributed by atoms with Gasteiger partial charge in [0.15, 0.2) is 0 Å². The third-order valence-electron chi connectivity index (χ3n) is 3.30. The third kappa shape index (κ3) is 2.12. The lowest BCUT2D eigenvalue weighted by Gasteiger charge is -2.34. The maximum Gasteiger partial charge on any atom is 0.308 e. The molecule has 5 nitrogen and oxygen atoms in total. The Hall–Kier alpha value is -1.10. The van der Waals surface area contributed by atoms with Crippen LogP contribution in [0.1, 0.15) is 13.3 Å². The van der Waals surface area contributed by atoms with E-state index in [-0.39, 0.29) is 17.9 Å². The zero-order valence-electron chi connectivity index (χ0n) is 8.85. The molecular weight excluding hydrogens is 196 g/mol. The molecular formula is C10H16N2O3. The number of carboxylic acids is 1. The van der Waals surface area contributed by atoms with Crippen LogP contribution < -0.4 is 0 Å². The Labute approximate surface area is 88.6 Å². The summed E-state index contributed by atoms with van der Waals surface area (Å²) in [5, 5.41) is 8.80. The molecule has 0 aromatic heterocycles. The monoisotopic (exact) mass is 212 g/mol. The molecule has 1 aliphatic heterocycles. The molecule has 5 heteroatoms. The predicted octanol–water partition coefficient (Wildman–Crippen LogP) is -0.376. The second kappa shape index (κ2) is 3.81. The van der Waals surface area contributed by atoms with Crippen molar-refractivity contribution in [2.75, 3.05) is 26.2 Å². The predicted molar refractivity (Wildman–Crippen MR) is 53.4 cm³/mol. The van der Waals surface area contributed by atoms with Crippen molar-refractivity contribution < 1.29 is 14.7 Å². The van der Waals surface area contributed by atoms with Crippen LogP contribution in [-0.4, -0.2) is 59.0 Å². The van der Waals surface area contributed by atoms with E-state index in [0.29, 0.717) is 0 Å². The van der Waals surface area contributed by atoms with Crippen molar-refractivity contribution in [3.05, 3.63) is 0 Å². The standard InChI is InChI=1S/C10H16N2O3/c1-7(13)11-2-4-12(5-3-11)9-6-8(9)10(14)15/h8-9H,2-6H2,1H3,(H,14,15). The van der Waals surface area contributed by atoms with Crippen molar-refractivity contribution in [3.8, 4) is 0 Å². The van der Waals surface area contributed by atoms with Gasteiger partial charge < -0.3 is 10.0 Å². The normalized spacial score (nSPS) is 31.4. The maximum absolute atomic E-state index is 11.1. The summed E-state index contributed by atoms with van der Waals surface area (Å²) >= 11 is 0. The van der Waals surface area contributed by atoms with Gasteiger partial charge in [0.25, 0.3) is 0 Å². The highest BCUT2D eigenvalue weighted by Crippen LogP contribution is 2.36. The van der Waals surface area contributed by atoms with Gasteiger partial charge in [-0.25, -0.2) is 0 Å². The number of piperazine rings is 1. The minimum atomic E-state index is -0.686. The van der Waals surface area contributed by atoms with E-state index in [1.54, 1.807) is 6.92 Å². The number of hydrogen-bond acceptors (Lipinski definition) is 3. The molecule has 0 aromatic rings. The summed E-state index contributed by atoms with van der Waals surface area (Å²) in [6, 6.07) is 0.219. The quantitative estimate of drug-likeness (QED) is 0.678. The average Bonchev–Trinajstić information content (AvgIpc) is 2.97.